The molecule has 3 N–H and O–H groups in total. The molecule has 1 aromatic rings. The Morgan fingerprint density at radius 2 is 1.72 bits per heavy atom. The molecule has 4 bridgehead atoms. The van der Waals surface area contributed by atoms with Gasteiger partial charge in [0.1, 0.15) is 5.75 Å². The second kappa shape index (κ2) is 7.98. The SMILES string of the molecule is COc1ccc(NC(C)=O)cc1NC(=O)CNC(C)C12CC3CC(CC(C3)C1)C2. The van der Waals surface area contributed by atoms with Gasteiger partial charge in [-0.1, -0.05) is 0 Å². The van der Waals surface area contributed by atoms with Crippen molar-refractivity contribution in [1.82, 2.24) is 5.32 Å². The summed E-state index contributed by atoms with van der Waals surface area (Å²) >= 11 is 0. The highest BCUT2D eigenvalue weighted by Gasteiger charge is 2.52. The summed E-state index contributed by atoms with van der Waals surface area (Å²) in [5, 5.41) is 9.18. The number of carbonyl (C=O) groups is 2. The Morgan fingerprint density at radius 3 is 2.28 bits per heavy atom. The number of methoxy groups -OCH3 is 1. The molecule has 0 spiro atoms. The molecule has 4 fully saturated rings. The smallest absolute Gasteiger partial charge is 0.238 e. The standard InChI is InChI=1S/C23H33N3O3/c1-14(23-10-16-6-17(11-23)8-18(7-16)12-23)24-13-22(28)26-20-9-19(25-15(2)27)4-5-21(20)29-3/h4-5,9,14,16-18,24H,6-8,10-13H2,1-3H3,(H,25,27)(H,26,28). The second-order valence-electron chi connectivity index (χ2n) is 9.53. The van der Waals surface area contributed by atoms with E-state index < -0.39 is 0 Å². The maximum absolute atomic E-state index is 12.6. The van der Waals surface area contributed by atoms with Crippen molar-refractivity contribution >= 4 is 23.2 Å². The van der Waals surface area contributed by atoms with Crippen molar-refractivity contribution in [2.24, 2.45) is 23.2 Å². The number of rotatable bonds is 7. The van der Waals surface area contributed by atoms with Crippen LogP contribution in [0.2, 0.25) is 0 Å². The summed E-state index contributed by atoms with van der Waals surface area (Å²) in [6.45, 7) is 3.99. The van der Waals surface area contributed by atoms with E-state index in [1.54, 1.807) is 25.3 Å². The molecule has 0 saturated heterocycles. The molecule has 4 aliphatic rings. The second-order valence-corrected chi connectivity index (χ2v) is 9.53. The third kappa shape index (κ3) is 4.27. The highest BCUT2D eigenvalue weighted by Crippen LogP contribution is 2.61. The summed E-state index contributed by atoms with van der Waals surface area (Å²) < 4.78 is 5.35. The largest absolute Gasteiger partial charge is 0.495 e. The van der Waals surface area contributed by atoms with E-state index in [4.69, 9.17) is 4.74 Å². The molecule has 4 saturated carbocycles. The summed E-state index contributed by atoms with van der Waals surface area (Å²) in [6.07, 6.45) is 8.24. The number of amides is 2. The Kier molecular flexibility index (Phi) is 5.56. The average Bonchev–Trinajstić information content (AvgIpc) is 2.65. The summed E-state index contributed by atoms with van der Waals surface area (Å²) in [6, 6.07) is 5.56. The lowest BCUT2D eigenvalue weighted by molar-refractivity contribution is -0.116. The van der Waals surface area contributed by atoms with E-state index in [9.17, 15) is 9.59 Å². The molecule has 6 heteroatoms. The summed E-state index contributed by atoms with van der Waals surface area (Å²) in [7, 11) is 1.57. The predicted octanol–water partition coefficient (Wildman–Crippen LogP) is 3.79. The summed E-state index contributed by atoms with van der Waals surface area (Å²) in [5.41, 5.74) is 1.56. The molecule has 0 heterocycles. The Balaban J connectivity index is 1.36. The van der Waals surface area contributed by atoms with Crippen molar-refractivity contribution in [2.45, 2.75) is 58.4 Å². The van der Waals surface area contributed by atoms with E-state index >= 15 is 0 Å². The molecule has 158 valence electrons. The highest BCUT2D eigenvalue weighted by molar-refractivity contribution is 5.95. The van der Waals surface area contributed by atoms with Crippen molar-refractivity contribution < 1.29 is 14.3 Å². The van der Waals surface area contributed by atoms with Gasteiger partial charge in [0.05, 0.1) is 19.3 Å². The van der Waals surface area contributed by atoms with Crippen LogP contribution in [0, 0.1) is 23.2 Å². The molecule has 4 aliphatic carbocycles. The van der Waals surface area contributed by atoms with Crippen molar-refractivity contribution in [3.05, 3.63) is 18.2 Å². The van der Waals surface area contributed by atoms with Gasteiger partial charge < -0.3 is 20.7 Å². The van der Waals surface area contributed by atoms with Crippen LogP contribution in [-0.2, 0) is 9.59 Å². The van der Waals surface area contributed by atoms with Crippen LogP contribution in [-0.4, -0.2) is 31.5 Å². The van der Waals surface area contributed by atoms with Crippen LogP contribution in [0.4, 0.5) is 11.4 Å². The van der Waals surface area contributed by atoms with Crippen LogP contribution in [0.5, 0.6) is 5.75 Å². The maximum Gasteiger partial charge on any atom is 0.238 e. The van der Waals surface area contributed by atoms with Crippen LogP contribution < -0.4 is 20.7 Å². The van der Waals surface area contributed by atoms with Crippen LogP contribution in [0.3, 0.4) is 0 Å². The van der Waals surface area contributed by atoms with Crippen molar-refractivity contribution in [3.8, 4) is 5.75 Å². The quantitative estimate of drug-likeness (QED) is 0.652. The normalized spacial score (nSPS) is 30.7. The van der Waals surface area contributed by atoms with Gasteiger partial charge in [-0.25, -0.2) is 0 Å². The van der Waals surface area contributed by atoms with E-state index in [1.165, 1.54) is 45.4 Å². The average molecular weight is 400 g/mol. The zero-order valence-electron chi connectivity index (χ0n) is 17.7. The Labute approximate surface area is 173 Å². The van der Waals surface area contributed by atoms with E-state index in [1.807, 2.05) is 0 Å². The fraction of sp³-hybridized carbons (Fsp3) is 0.652. The van der Waals surface area contributed by atoms with Gasteiger partial charge in [0.15, 0.2) is 0 Å². The van der Waals surface area contributed by atoms with E-state index in [-0.39, 0.29) is 18.4 Å². The number of hydrogen-bond acceptors (Lipinski definition) is 4. The Hall–Kier alpha value is -2.08. The topological polar surface area (TPSA) is 79.5 Å². The Morgan fingerprint density at radius 1 is 1.10 bits per heavy atom. The molecule has 1 unspecified atom stereocenters. The predicted molar refractivity (Wildman–Crippen MR) is 114 cm³/mol. The number of ether oxygens (including phenoxy) is 1. The molecule has 0 aromatic heterocycles. The highest BCUT2D eigenvalue weighted by atomic mass is 16.5. The molecule has 1 atom stereocenters. The van der Waals surface area contributed by atoms with E-state index in [2.05, 4.69) is 22.9 Å². The minimum Gasteiger partial charge on any atom is -0.495 e. The molecule has 5 rings (SSSR count). The molecular formula is C23H33N3O3. The minimum absolute atomic E-state index is 0.0974. The number of benzene rings is 1. The van der Waals surface area contributed by atoms with Crippen molar-refractivity contribution in [2.75, 3.05) is 24.3 Å². The van der Waals surface area contributed by atoms with Gasteiger partial charge in [-0.2, -0.15) is 0 Å². The van der Waals surface area contributed by atoms with Gasteiger partial charge >= 0.3 is 0 Å². The number of carbonyl (C=O) groups excluding carboxylic acids is 2. The molecule has 1 aromatic carbocycles. The third-order valence-corrected chi connectivity index (χ3v) is 7.37. The molecule has 6 nitrogen and oxygen atoms in total. The molecule has 0 radical (unpaired) electrons. The van der Waals surface area contributed by atoms with Crippen molar-refractivity contribution in [1.29, 1.82) is 0 Å². The number of nitrogens with one attached hydrogen (secondary N) is 3. The van der Waals surface area contributed by atoms with Gasteiger partial charge in [-0.15, -0.1) is 0 Å². The van der Waals surface area contributed by atoms with Crippen LogP contribution in [0.15, 0.2) is 18.2 Å². The monoisotopic (exact) mass is 399 g/mol. The lowest BCUT2D eigenvalue weighted by Crippen LogP contribution is -2.55. The lowest BCUT2D eigenvalue weighted by atomic mass is 9.48. The maximum atomic E-state index is 12.6. The van der Waals surface area contributed by atoms with Gasteiger partial charge in [-0.05, 0) is 86.8 Å². The van der Waals surface area contributed by atoms with Gasteiger partial charge in [0, 0.05) is 18.7 Å². The minimum atomic E-state index is -0.154. The van der Waals surface area contributed by atoms with E-state index in [0.29, 0.717) is 28.6 Å². The lowest BCUT2D eigenvalue weighted by Gasteiger charge is -2.59. The van der Waals surface area contributed by atoms with Crippen LogP contribution in [0.1, 0.15) is 52.4 Å². The van der Waals surface area contributed by atoms with Gasteiger partial charge in [-0.3, -0.25) is 9.59 Å². The first kappa shape index (κ1) is 20.2. The molecule has 2 amide bonds. The van der Waals surface area contributed by atoms with E-state index in [0.717, 1.165) is 17.8 Å². The third-order valence-electron chi connectivity index (χ3n) is 7.37. The van der Waals surface area contributed by atoms with Crippen LogP contribution in [0.25, 0.3) is 0 Å². The molecule has 0 aliphatic heterocycles. The van der Waals surface area contributed by atoms with Gasteiger partial charge in [0.25, 0.3) is 0 Å². The van der Waals surface area contributed by atoms with Crippen LogP contribution >= 0.6 is 0 Å². The first-order valence-electron chi connectivity index (χ1n) is 10.9. The zero-order chi connectivity index (χ0) is 20.6. The molecular weight excluding hydrogens is 366 g/mol. The first-order valence-corrected chi connectivity index (χ1v) is 10.9. The number of hydrogen-bond donors (Lipinski definition) is 3. The van der Waals surface area contributed by atoms with Gasteiger partial charge in [0.2, 0.25) is 11.8 Å². The first-order chi connectivity index (χ1) is 13.9. The summed E-state index contributed by atoms with van der Waals surface area (Å²) in [5.74, 6) is 3.03. The Bertz CT molecular complexity index is 756. The summed E-state index contributed by atoms with van der Waals surface area (Å²) in [4.78, 5) is 23.9. The fourth-order valence-corrected chi connectivity index (χ4v) is 6.45. The van der Waals surface area contributed by atoms with Crippen molar-refractivity contribution in [3.63, 3.8) is 0 Å². The fourth-order valence-electron chi connectivity index (χ4n) is 6.45. The molecule has 29 heavy (non-hydrogen) atoms. The number of anilines is 2. The zero-order valence-corrected chi connectivity index (χ0v) is 17.7.